The van der Waals surface area contributed by atoms with Crippen molar-refractivity contribution in [2.45, 2.75) is 44.8 Å². The number of carbonyl (C=O) groups is 2. The van der Waals surface area contributed by atoms with Crippen LogP contribution in [-0.4, -0.2) is 51.3 Å². The van der Waals surface area contributed by atoms with Gasteiger partial charge in [-0.2, -0.15) is 0 Å². The number of β-amino-alcohol motifs (C(OH)–C–C–N with tert-alkyl or cyclic N) is 1. The minimum Gasteiger partial charge on any atom is -0.480 e. The Bertz CT molecular complexity index is 325. The summed E-state index contributed by atoms with van der Waals surface area (Å²) in [5.74, 6) is -1.09. The number of hydrogen-bond acceptors (Lipinski definition) is 3. The zero-order valence-corrected chi connectivity index (χ0v) is 10.5. The lowest BCUT2D eigenvalue weighted by Crippen LogP contribution is -2.58. The number of carboxylic acids is 1. The summed E-state index contributed by atoms with van der Waals surface area (Å²) in [4.78, 5) is 24.2. The Balaban J connectivity index is 2.62. The molecule has 0 bridgehead atoms. The molecule has 0 aromatic carbocycles. The number of nitrogens with zero attached hydrogens (tertiary/aromatic N) is 1. The third kappa shape index (κ3) is 3.59. The van der Waals surface area contributed by atoms with Crippen molar-refractivity contribution < 1.29 is 19.8 Å². The Morgan fingerprint density at radius 2 is 2.00 bits per heavy atom. The molecule has 1 atom stereocenters. The number of nitrogens with one attached hydrogen (secondary N) is 1. The SMILES string of the molecule is CC1(O)CCCN(C(=O)NC(C)(C)C(=O)O)C1. The third-order valence-corrected chi connectivity index (χ3v) is 2.92. The van der Waals surface area contributed by atoms with E-state index in [4.69, 9.17) is 5.11 Å². The molecule has 17 heavy (non-hydrogen) atoms. The van der Waals surface area contributed by atoms with Crippen molar-refractivity contribution in [1.29, 1.82) is 0 Å². The van der Waals surface area contributed by atoms with E-state index in [-0.39, 0.29) is 6.54 Å². The van der Waals surface area contributed by atoms with E-state index in [2.05, 4.69) is 5.32 Å². The molecular formula is C11H20N2O4. The van der Waals surface area contributed by atoms with Crippen molar-refractivity contribution in [1.82, 2.24) is 10.2 Å². The van der Waals surface area contributed by atoms with Crippen LogP contribution in [0.4, 0.5) is 4.79 Å². The largest absolute Gasteiger partial charge is 0.480 e. The number of hydrogen-bond donors (Lipinski definition) is 3. The van der Waals surface area contributed by atoms with Crippen LogP contribution < -0.4 is 5.32 Å². The number of urea groups is 1. The average molecular weight is 244 g/mol. The smallest absolute Gasteiger partial charge is 0.328 e. The number of amides is 2. The number of carbonyl (C=O) groups excluding carboxylic acids is 1. The predicted molar refractivity (Wildman–Crippen MR) is 61.7 cm³/mol. The average Bonchev–Trinajstić information content (AvgIpc) is 2.15. The van der Waals surface area contributed by atoms with Gasteiger partial charge in [-0.1, -0.05) is 0 Å². The fourth-order valence-electron chi connectivity index (χ4n) is 1.79. The Hall–Kier alpha value is -1.30. The molecule has 6 nitrogen and oxygen atoms in total. The van der Waals surface area contributed by atoms with Gasteiger partial charge in [-0.3, -0.25) is 0 Å². The monoisotopic (exact) mass is 244 g/mol. The maximum atomic E-state index is 11.8. The summed E-state index contributed by atoms with van der Waals surface area (Å²) in [7, 11) is 0. The molecule has 0 aromatic rings. The second-order valence-electron chi connectivity index (χ2n) is 5.38. The minimum absolute atomic E-state index is 0.231. The van der Waals surface area contributed by atoms with Gasteiger partial charge < -0.3 is 20.4 Å². The van der Waals surface area contributed by atoms with Crippen LogP contribution in [-0.2, 0) is 4.79 Å². The Labute approximate surface area is 101 Å². The molecule has 1 aliphatic rings. The molecule has 1 saturated heterocycles. The van der Waals surface area contributed by atoms with Gasteiger partial charge in [0, 0.05) is 6.54 Å². The molecule has 0 radical (unpaired) electrons. The number of aliphatic hydroxyl groups is 1. The van der Waals surface area contributed by atoms with Crippen LogP contribution in [0.3, 0.4) is 0 Å². The van der Waals surface area contributed by atoms with Crippen LogP contribution in [0.2, 0.25) is 0 Å². The summed E-state index contributed by atoms with van der Waals surface area (Å²) >= 11 is 0. The highest BCUT2D eigenvalue weighted by Gasteiger charge is 2.35. The van der Waals surface area contributed by atoms with Crippen LogP contribution in [0.15, 0.2) is 0 Å². The molecule has 0 aliphatic carbocycles. The molecule has 0 spiro atoms. The second-order valence-corrected chi connectivity index (χ2v) is 5.38. The van der Waals surface area contributed by atoms with Gasteiger partial charge in [-0.25, -0.2) is 9.59 Å². The van der Waals surface area contributed by atoms with Crippen molar-refractivity contribution >= 4 is 12.0 Å². The predicted octanol–water partition coefficient (Wildman–Crippen LogP) is 0.406. The minimum atomic E-state index is -1.31. The first-order valence-corrected chi connectivity index (χ1v) is 5.67. The van der Waals surface area contributed by atoms with E-state index in [9.17, 15) is 14.7 Å². The van der Waals surface area contributed by atoms with Crippen molar-refractivity contribution in [3.05, 3.63) is 0 Å². The first-order valence-electron chi connectivity index (χ1n) is 5.67. The summed E-state index contributed by atoms with van der Waals surface area (Å²) < 4.78 is 0. The molecule has 6 heteroatoms. The summed E-state index contributed by atoms with van der Waals surface area (Å²) in [6, 6.07) is -0.447. The number of carboxylic acid groups (broad SMARTS) is 1. The highest BCUT2D eigenvalue weighted by molar-refractivity contribution is 5.85. The fourth-order valence-corrected chi connectivity index (χ4v) is 1.79. The lowest BCUT2D eigenvalue weighted by Gasteiger charge is -2.38. The van der Waals surface area contributed by atoms with E-state index in [1.807, 2.05) is 0 Å². The Kier molecular flexibility index (Phi) is 3.66. The molecule has 98 valence electrons. The zero-order chi connectivity index (χ0) is 13.3. The normalized spacial score (nSPS) is 25.5. The van der Waals surface area contributed by atoms with Crippen LogP contribution in [0, 0.1) is 0 Å². The zero-order valence-electron chi connectivity index (χ0n) is 10.5. The van der Waals surface area contributed by atoms with Gasteiger partial charge in [0.2, 0.25) is 0 Å². The van der Waals surface area contributed by atoms with Gasteiger partial charge in [-0.05, 0) is 33.6 Å². The van der Waals surface area contributed by atoms with E-state index in [1.165, 1.54) is 18.7 Å². The van der Waals surface area contributed by atoms with E-state index in [0.29, 0.717) is 19.4 Å². The third-order valence-electron chi connectivity index (χ3n) is 2.92. The van der Waals surface area contributed by atoms with Crippen LogP contribution in [0.5, 0.6) is 0 Å². The van der Waals surface area contributed by atoms with Crippen molar-refractivity contribution in [3.8, 4) is 0 Å². The van der Waals surface area contributed by atoms with Crippen molar-refractivity contribution in [2.24, 2.45) is 0 Å². The van der Waals surface area contributed by atoms with Gasteiger partial charge in [0.1, 0.15) is 5.54 Å². The Morgan fingerprint density at radius 1 is 1.41 bits per heavy atom. The first kappa shape index (κ1) is 13.8. The van der Waals surface area contributed by atoms with Gasteiger partial charge in [-0.15, -0.1) is 0 Å². The van der Waals surface area contributed by atoms with E-state index in [1.54, 1.807) is 6.92 Å². The van der Waals surface area contributed by atoms with Crippen LogP contribution in [0.1, 0.15) is 33.6 Å². The molecule has 1 unspecified atom stereocenters. The number of piperidine rings is 1. The second kappa shape index (κ2) is 4.52. The number of aliphatic carboxylic acids is 1. The van der Waals surface area contributed by atoms with Gasteiger partial charge >= 0.3 is 12.0 Å². The number of likely N-dealkylation sites (tertiary alicyclic amines) is 1. The molecular weight excluding hydrogens is 224 g/mol. The van der Waals surface area contributed by atoms with E-state index >= 15 is 0 Å². The van der Waals surface area contributed by atoms with Crippen molar-refractivity contribution in [2.75, 3.05) is 13.1 Å². The van der Waals surface area contributed by atoms with Crippen LogP contribution >= 0.6 is 0 Å². The van der Waals surface area contributed by atoms with E-state index in [0.717, 1.165) is 0 Å². The fraction of sp³-hybridized carbons (Fsp3) is 0.818. The molecule has 1 rings (SSSR count). The summed E-state index contributed by atoms with van der Waals surface area (Å²) in [6.07, 6.45) is 1.37. The van der Waals surface area contributed by atoms with Gasteiger partial charge in [0.25, 0.3) is 0 Å². The molecule has 2 amide bonds. The standard InChI is InChI=1S/C11H20N2O4/c1-10(2,8(14)15)12-9(16)13-6-4-5-11(3,17)7-13/h17H,4-7H2,1-3H3,(H,12,16)(H,14,15). The van der Waals surface area contributed by atoms with Crippen LogP contribution in [0.25, 0.3) is 0 Å². The Morgan fingerprint density at radius 3 is 2.47 bits per heavy atom. The van der Waals surface area contributed by atoms with Gasteiger partial charge in [0.05, 0.1) is 12.1 Å². The highest BCUT2D eigenvalue weighted by Crippen LogP contribution is 2.20. The molecule has 1 aliphatic heterocycles. The molecule has 3 N–H and O–H groups in total. The highest BCUT2D eigenvalue weighted by atomic mass is 16.4. The number of rotatable bonds is 2. The summed E-state index contributed by atoms with van der Waals surface area (Å²) in [6.45, 7) is 5.30. The summed E-state index contributed by atoms with van der Waals surface area (Å²) in [5, 5.41) is 21.2. The molecule has 0 aromatic heterocycles. The maximum Gasteiger partial charge on any atom is 0.328 e. The maximum absolute atomic E-state index is 11.8. The topological polar surface area (TPSA) is 89.9 Å². The molecule has 1 fully saturated rings. The summed E-state index contributed by atoms with van der Waals surface area (Å²) in [5.41, 5.74) is -2.19. The van der Waals surface area contributed by atoms with Crippen molar-refractivity contribution in [3.63, 3.8) is 0 Å². The lowest BCUT2D eigenvalue weighted by molar-refractivity contribution is -0.143. The van der Waals surface area contributed by atoms with Gasteiger partial charge in [0.15, 0.2) is 0 Å². The quantitative estimate of drug-likeness (QED) is 0.656. The molecule has 0 saturated carbocycles. The molecule has 1 heterocycles. The lowest BCUT2D eigenvalue weighted by atomic mass is 9.95. The first-order chi connectivity index (χ1) is 7.64. The van der Waals surface area contributed by atoms with E-state index < -0.39 is 23.1 Å².